The Kier molecular flexibility index (Phi) is 2.27. The van der Waals surface area contributed by atoms with Gasteiger partial charge in [-0.3, -0.25) is 0 Å². The third-order valence-electron chi connectivity index (χ3n) is 1.63. The lowest BCUT2D eigenvalue weighted by molar-refractivity contribution is 0.616. The lowest BCUT2D eigenvalue weighted by Crippen LogP contribution is -1.80. The Balaban J connectivity index is 2.69. The van der Waals surface area contributed by atoms with E-state index in [1.165, 1.54) is 6.07 Å². The zero-order chi connectivity index (χ0) is 10.1. The molecular weight excluding hydrogens is 221 g/mol. The van der Waals surface area contributed by atoms with Crippen molar-refractivity contribution >= 4 is 38.4 Å². The number of thiazole rings is 1. The van der Waals surface area contributed by atoms with Crippen molar-refractivity contribution < 1.29 is 4.39 Å². The van der Waals surface area contributed by atoms with Crippen molar-refractivity contribution in [1.82, 2.24) is 4.98 Å². The molecule has 2 N–H and O–H groups in total. The van der Waals surface area contributed by atoms with Crippen molar-refractivity contribution in [1.29, 1.82) is 5.26 Å². The molecule has 70 valence electrons. The highest BCUT2D eigenvalue weighted by Gasteiger charge is 2.11. The number of hydrogen-bond donors (Lipinski definition) is 1. The minimum Gasteiger partial charge on any atom is -0.375 e. The average molecular weight is 225 g/mol. The molecular formula is C8H4FN3S2. The molecule has 6 heteroatoms. The summed E-state index contributed by atoms with van der Waals surface area (Å²) < 4.78 is 14.0. The number of nitriles is 1. The number of nitrogens with two attached hydrogens (primary N) is 1. The van der Waals surface area contributed by atoms with Crippen LogP contribution in [-0.2, 0) is 0 Å². The van der Waals surface area contributed by atoms with Gasteiger partial charge in [0.05, 0.1) is 15.1 Å². The smallest absolute Gasteiger partial charge is 0.181 e. The van der Waals surface area contributed by atoms with Gasteiger partial charge >= 0.3 is 0 Å². The number of hydrogen-bond acceptors (Lipinski definition) is 5. The highest BCUT2D eigenvalue weighted by molar-refractivity contribution is 8.03. The van der Waals surface area contributed by atoms with Gasteiger partial charge in [0.1, 0.15) is 5.40 Å². The Morgan fingerprint density at radius 3 is 3.07 bits per heavy atom. The standard InChI is InChI=1S/C8H4FN3S2/c9-6-5(13-3-10)2-1-4-7(6)14-8(11)12-4/h1-2H,(H2,11,12). The van der Waals surface area contributed by atoms with E-state index in [1.807, 2.05) is 5.40 Å². The van der Waals surface area contributed by atoms with Crippen LogP contribution in [0.15, 0.2) is 17.0 Å². The minimum atomic E-state index is -0.414. The molecule has 14 heavy (non-hydrogen) atoms. The summed E-state index contributed by atoms with van der Waals surface area (Å²) in [5.74, 6) is -0.414. The Morgan fingerprint density at radius 2 is 2.36 bits per heavy atom. The molecule has 0 aliphatic heterocycles. The molecule has 3 nitrogen and oxygen atoms in total. The molecule has 2 rings (SSSR count). The maximum absolute atomic E-state index is 13.6. The maximum Gasteiger partial charge on any atom is 0.181 e. The Morgan fingerprint density at radius 1 is 1.57 bits per heavy atom. The first-order valence-corrected chi connectivity index (χ1v) is 5.26. The number of rotatable bonds is 1. The van der Waals surface area contributed by atoms with Crippen LogP contribution in [0.2, 0.25) is 0 Å². The third kappa shape index (κ3) is 1.41. The van der Waals surface area contributed by atoms with Crippen LogP contribution in [0.25, 0.3) is 10.2 Å². The highest BCUT2D eigenvalue weighted by atomic mass is 32.2. The van der Waals surface area contributed by atoms with E-state index in [4.69, 9.17) is 11.0 Å². The van der Waals surface area contributed by atoms with Gasteiger partial charge in [0.2, 0.25) is 0 Å². The number of thioether (sulfide) groups is 1. The predicted octanol–water partition coefficient (Wildman–Crippen LogP) is 2.59. The number of aromatic nitrogens is 1. The number of fused-ring (bicyclic) bond motifs is 1. The number of nitrogens with zero attached hydrogens (tertiary/aromatic N) is 2. The molecule has 2 aromatic rings. The fourth-order valence-corrected chi connectivity index (χ4v) is 2.35. The lowest BCUT2D eigenvalue weighted by atomic mass is 10.3. The Hall–Kier alpha value is -1.32. The molecule has 0 aliphatic carbocycles. The molecule has 0 unspecified atom stereocenters. The minimum absolute atomic E-state index is 0.309. The monoisotopic (exact) mass is 225 g/mol. The van der Waals surface area contributed by atoms with Crippen LogP contribution in [0, 0.1) is 16.5 Å². The molecule has 0 spiro atoms. The van der Waals surface area contributed by atoms with Gasteiger partial charge in [-0.2, -0.15) is 5.26 Å². The van der Waals surface area contributed by atoms with E-state index in [1.54, 1.807) is 6.07 Å². The van der Waals surface area contributed by atoms with Crippen molar-refractivity contribution in [2.24, 2.45) is 0 Å². The second-order valence-corrected chi connectivity index (χ2v) is 4.33. The molecule has 0 aliphatic rings. The maximum atomic E-state index is 13.6. The fourth-order valence-electron chi connectivity index (χ4n) is 1.09. The molecule has 0 saturated carbocycles. The van der Waals surface area contributed by atoms with E-state index in [0.717, 1.165) is 23.1 Å². The van der Waals surface area contributed by atoms with Gasteiger partial charge < -0.3 is 5.73 Å². The molecule has 1 aromatic heterocycles. The molecule has 0 saturated heterocycles. The summed E-state index contributed by atoms with van der Waals surface area (Å²) in [6.07, 6.45) is 0. The van der Waals surface area contributed by atoms with Gasteiger partial charge in [-0.1, -0.05) is 11.3 Å². The van der Waals surface area contributed by atoms with Crippen molar-refractivity contribution in [3.8, 4) is 5.40 Å². The average Bonchev–Trinajstić information content (AvgIpc) is 2.52. The molecule has 1 aromatic carbocycles. The summed E-state index contributed by atoms with van der Waals surface area (Å²) in [6, 6.07) is 3.19. The van der Waals surface area contributed by atoms with Crippen molar-refractivity contribution in [2.75, 3.05) is 5.73 Å². The van der Waals surface area contributed by atoms with Crippen molar-refractivity contribution in [3.63, 3.8) is 0 Å². The molecule has 1 heterocycles. The van der Waals surface area contributed by atoms with Crippen LogP contribution in [0.5, 0.6) is 0 Å². The first-order valence-electron chi connectivity index (χ1n) is 3.63. The number of nitrogen functional groups attached to an aromatic ring is 1. The molecule has 0 fully saturated rings. The van der Waals surface area contributed by atoms with E-state index in [-0.39, 0.29) is 0 Å². The second kappa shape index (κ2) is 3.44. The first kappa shape index (κ1) is 9.24. The van der Waals surface area contributed by atoms with Crippen LogP contribution >= 0.6 is 23.1 Å². The van der Waals surface area contributed by atoms with Crippen LogP contribution < -0.4 is 5.73 Å². The quantitative estimate of drug-likeness (QED) is 0.598. The first-order chi connectivity index (χ1) is 6.72. The van der Waals surface area contributed by atoms with Gasteiger partial charge in [0.15, 0.2) is 10.9 Å². The van der Waals surface area contributed by atoms with Crippen LogP contribution in [0.1, 0.15) is 0 Å². The number of anilines is 1. The van der Waals surface area contributed by atoms with Crippen LogP contribution in [-0.4, -0.2) is 4.98 Å². The van der Waals surface area contributed by atoms with Gasteiger partial charge in [0.25, 0.3) is 0 Å². The summed E-state index contributed by atoms with van der Waals surface area (Å²) in [4.78, 5) is 4.25. The molecule has 0 amide bonds. The van der Waals surface area contributed by atoms with E-state index >= 15 is 0 Å². The Labute approximate surface area is 87.4 Å². The van der Waals surface area contributed by atoms with Crippen molar-refractivity contribution in [2.45, 2.75) is 4.90 Å². The van der Waals surface area contributed by atoms with Crippen LogP contribution in [0.3, 0.4) is 0 Å². The largest absolute Gasteiger partial charge is 0.375 e. The summed E-state index contributed by atoms with van der Waals surface area (Å²) in [5.41, 5.74) is 5.99. The van der Waals surface area contributed by atoms with Gasteiger partial charge in [-0.05, 0) is 23.9 Å². The van der Waals surface area contributed by atoms with E-state index < -0.39 is 5.82 Å². The number of benzene rings is 1. The van der Waals surface area contributed by atoms with Crippen LogP contribution in [0.4, 0.5) is 9.52 Å². The zero-order valence-electron chi connectivity index (χ0n) is 6.82. The predicted molar refractivity (Wildman–Crippen MR) is 55.5 cm³/mol. The van der Waals surface area contributed by atoms with Gasteiger partial charge in [-0.15, -0.1) is 0 Å². The normalized spacial score (nSPS) is 10.3. The van der Waals surface area contributed by atoms with Crippen molar-refractivity contribution in [3.05, 3.63) is 17.9 Å². The topological polar surface area (TPSA) is 62.7 Å². The SMILES string of the molecule is N#CSc1ccc2nc(N)sc2c1F. The summed E-state index contributed by atoms with van der Waals surface area (Å²) in [7, 11) is 0. The number of halogens is 1. The molecule has 0 atom stereocenters. The number of thiocyanates is 1. The molecule has 0 bridgehead atoms. The highest BCUT2D eigenvalue weighted by Crippen LogP contribution is 2.32. The summed E-state index contributed by atoms with van der Waals surface area (Å²) >= 11 is 1.88. The van der Waals surface area contributed by atoms with E-state index in [0.29, 0.717) is 20.2 Å². The van der Waals surface area contributed by atoms with E-state index in [2.05, 4.69) is 4.98 Å². The molecule has 0 radical (unpaired) electrons. The van der Waals surface area contributed by atoms with Gasteiger partial charge in [-0.25, -0.2) is 9.37 Å². The summed E-state index contributed by atoms with van der Waals surface area (Å²) in [6.45, 7) is 0. The van der Waals surface area contributed by atoms with Gasteiger partial charge in [0, 0.05) is 0 Å². The van der Waals surface area contributed by atoms with E-state index in [9.17, 15) is 4.39 Å². The zero-order valence-corrected chi connectivity index (χ0v) is 8.45. The summed E-state index contributed by atoms with van der Waals surface area (Å²) in [5, 5.41) is 10.6. The second-order valence-electron chi connectivity index (χ2n) is 2.47. The fraction of sp³-hybridized carbons (Fsp3) is 0. The Bertz CT molecular complexity index is 529. The lowest BCUT2D eigenvalue weighted by Gasteiger charge is -1.95. The third-order valence-corrected chi connectivity index (χ3v) is 3.15.